The molecule has 0 bridgehead atoms. The van der Waals surface area contributed by atoms with Crippen LogP contribution in [-0.2, 0) is 19.5 Å². The van der Waals surface area contributed by atoms with E-state index in [4.69, 9.17) is 0 Å². The Labute approximate surface area is 111 Å². The van der Waals surface area contributed by atoms with Crippen LogP contribution in [0.25, 0.3) is 0 Å². The van der Waals surface area contributed by atoms with Crippen LogP contribution in [0.15, 0.2) is 29.6 Å². The Balaban J connectivity index is 1.90. The molecule has 0 saturated heterocycles. The average Bonchev–Trinajstić information content (AvgIpc) is 2.81. The summed E-state index contributed by atoms with van der Waals surface area (Å²) >= 11 is 1.76. The maximum absolute atomic E-state index is 9.39. The Bertz CT molecular complexity index is 522. The van der Waals surface area contributed by atoms with Gasteiger partial charge in [-0.3, -0.25) is 0 Å². The fraction of sp³-hybridized carbons (Fsp3) is 0.286. The molecule has 3 nitrogen and oxygen atoms in total. The fourth-order valence-corrected chi connectivity index (χ4v) is 2.78. The molecule has 0 aliphatic rings. The zero-order chi connectivity index (χ0) is 13.0. The first-order chi connectivity index (χ1) is 8.70. The second-order valence-electron chi connectivity index (χ2n) is 4.15. The lowest BCUT2D eigenvalue weighted by molar-refractivity contribution is 0.403. The molecule has 2 rings (SSSR count). The maximum atomic E-state index is 9.39. The minimum Gasteiger partial charge on any atom is -0.504 e. The van der Waals surface area contributed by atoms with Gasteiger partial charge in [-0.2, -0.15) is 0 Å². The van der Waals surface area contributed by atoms with E-state index >= 15 is 0 Å². The van der Waals surface area contributed by atoms with Gasteiger partial charge in [-0.1, -0.05) is 13.0 Å². The number of rotatable bonds is 5. The van der Waals surface area contributed by atoms with Crippen LogP contribution in [0.3, 0.4) is 0 Å². The van der Waals surface area contributed by atoms with Gasteiger partial charge < -0.3 is 15.5 Å². The zero-order valence-corrected chi connectivity index (χ0v) is 11.1. The molecule has 18 heavy (non-hydrogen) atoms. The minimum atomic E-state index is -0.0784. The quantitative estimate of drug-likeness (QED) is 0.727. The van der Waals surface area contributed by atoms with Gasteiger partial charge in [-0.25, -0.2) is 0 Å². The highest BCUT2D eigenvalue weighted by atomic mass is 32.1. The van der Waals surface area contributed by atoms with Crippen LogP contribution in [0.2, 0.25) is 0 Å². The molecule has 0 fully saturated rings. The maximum Gasteiger partial charge on any atom is 0.157 e. The lowest BCUT2D eigenvalue weighted by atomic mass is 10.2. The summed E-state index contributed by atoms with van der Waals surface area (Å²) in [5, 5.41) is 24.1. The molecule has 1 aromatic heterocycles. The van der Waals surface area contributed by atoms with Crippen molar-refractivity contribution in [3.05, 3.63) is 45.6 Å². The normalized spacial score (nSPS) is 10.7. The summed E-state index contributed by atoms with van der Waals surface area (Å²) in [5.74, 6) is -0.148. The van der Waals surface area contributed by atoms with Gasteiger partial charge in [-0.05, 0) is 41.1 Å². The van der Waals surface area contributed by atoms with E-state index in [0.717, 1.165) is 18.5 Å². The number of hydrogen-bond donors (Lipinski definition) is 3. The molecule has 0 saturated carbocycles. The average molecular weight is 263 g/mol. The highest BCUT2D eigenvalue weighted by Crippen LogP contribution is 2.24. The number of aryl methyl sites for hydroxylation is 1. The van der Waals surface area contributed by atoms with Crippen LogP contribution in [-0.4, -0.2) is 10.2 Å². The van der Waals surface area contributed by atoms with Crippen molar-refractivity contribution in [2.24, 2.45) is 0 Å². The van der Waals surface area contributed by atoms with Crippen LogP contribution < -0.4 is 5.32 Å². The summed E-state index contributed by atoms with van der Waals surface area (Å²) < 4.78 is 0. The van der Waals surface area contributed by atoms with E-state index in [1.807, 2.05) is 0 Å². The lowest BCUT2D eigenvalue weighted by Crippen LogP contribution is -2.12. The van der Waals surface area contributed by atoms with Crippen molar-refractivity contribution in [1.82, 2.24) is 5.32 Å². The smallest absolute Gasteiger partial charge is 0.157 e. The molecule has 3 N–H and O–H groups in total. The molecule has 0 amide bonds. The highest BCUT2D eigenvalue weighted by Gasteiger charge is 2.03. The summed E-state index contributed by atoms with van der Waals surface area (Å²) in [7, 11) is 0. The standard InChI is InChI=1S/C14H17NO2S/c1-2-11-5-6-18-14(11)9-15-8-10-3-4-12(16)13(17)7-10/h3-7,15-17H,2,8-9H2,1H3. The third-order valence-corrected chi connectivity index (χ3v) is 3.84. The number of phenolic OH excluding ortho intramolecular Hbond substituents is 2. The van der Waals surface area contributed by atoms with Gasteiger partial charge >= 0.3 is 0 Å². The first kappa shape index (κ1) is 12.9. The largest absolute Gasteiger partial charge is 0.504 e. The van der Waals surface area contributed by atoms with Crippen LogP contribution in [0.1, 0.15) is 22.9 Å². The molecule has 0 radical (unpaired) electrons. The SMILES string of the molecule is CCc1ccsc1CNCc1ccc(O)c(O)c1. The van der Waals surface area contributed by atoms with Crippen molar-refractivity contribution < 1.29 is 10.2 Å². The second-order valence-corrected chi connectivity index (χ2v) is 5.15. The monoisotopic (exact) mass is 263 g/mol. The van der Waals surface area contributed by atoms with Gasteiger partial charge in [-0.15, -0.1) is 11.3 Å². The zero-order valence-electron chi connectivity index (χ0n) is 10.3. The molecule has 96 valence electrons. The lowest BCUT2D eigenvalue weighted by Gasteiger charge is -2.06. The van der Waals surface area contributed by atoms with Crippen molar-refractivity contribution in [2.75, 3.05) is 0 Å². The van der Waals surface area contributed by atoms with Gasteiger partial charge in [0.15, 0.2) is 11.5 Å². The summed E-state index contributed by atoms with van der Waals surface area (Å²) in [5.41, 5.74) is 2.35. The Morgan fingerprint density at radius 3 is 2.67 bits per heavy atom. The highest BCUT2D eigenvalue weighted by molar-refractivity contribution is 7.10. The van der Waals surface area contributed by atoms with Gasteiger partial charge in [0.1, 0.15) is 0 Å². The fourth-order valence-electron chi connectivity index (χ4n) is 1.84. The Hall–Kier alpha value is -1.52. The van der Waals surface area contributed by atoms with Crippen LogP contribution in [0.5, 0.6) is 11.5 Å². The van der Waals surface area contributed by atoms with E-state index in [1.54, 1.807) is 23.5 Å². The minimum absolute atomic E-state index is 0.0697. The summed E-state index contributed by atoms with van der Waals surface area (Å²) in [6.07, 6.45) is 1.06. The van der Waals surface area contributed by atoms with E-state index < -0.39 is 0 Å². The van der Waals surface area contributed by atoms with Crippen molar-refractivity contribution in [2.45, 2.75) is 26.4 Å². The molecule has 0 spiro atoms. The third-order valence-electron chi connectivity index (χ3n) is 2.87. The summed E-state index contributed by atoms with van der Waals surface area (Å²) in [6, 6.07) is 7.05. The summed E-state index contributed by atoms with van der Waals surface area (Å²) in [6.45, 7) is 3.67. The predicted octanol–water partition coefficient (Wildman–Crippen LogP) is 3.01. The van der Waals surface area contributed by atoms with E-state index in [0.29, 0.717) is 6.54 Å². The second kappa shape index (κ2) is 5.89. The third kappa shape index (κ3) is 3.03. The van der Waals surface area contributed by atoms with Crippen LogP contribution in [0, 0.1) is 0 Å². The number of benzene rings is 1. The number of phenols is 2. The van der Waals surface area contributed by atoms with Gasteiger partial charge in [0.25, 0.3) is 0 Å². The van der Waals surface area contributed by atoms with Crippen molar-refractivity contribution >= 4 is 11.3 Å². The number of nitrogens with one attached hydrogen (secondary N) is 1. The first-order valence-electron chi connectivity index (χ1n) is 5.97. The van der Waals surface area contributed by atoms with Crippen LogP contribution >= 0.6 is 11.3 Å². The Morgan fingerprint density at radius 2 is 1.94 bits per heavy atom. The van der Waals surface area contributed by atoms with Gasteiger partial charge in [0, 0.05) is 18.0 Å². The van der Waals surface area contributed by atoms with E-state index in [-0.39, 0.29) is 11.5 Å². The van der Waals surface area contributed by atoms with E-state index in [2.05, 4.69) is 23.7 Å². The van der Waals surface area contributed by atoms with Crippen molar-refractivity contribution in [3.8, 4) is 11.5 Å². The number of aromatic hydroxyl groups is 2. The number of hydrogen-bond acceptors (Lipinski definition) is 4. The summed E-state index contributed by atoms with van der Waals surface area (Å²) in [4.78, 5) is 1.36. The molecule has 0 unspecified atom stereocenters. The van der Waals surface area contributed by atoms with E-state index in [9.17, 15) is 10.2 Å². The number of thiophene rings is 1. The predicted molar refractivity (Wildman–Crippen MR) is 74.0 cm³/mol. The molecule has 0 aliphatic carbocycles. The molecule has 0 atom stereocenters. The Morgan fingerprint density at radius 1 is 1.11 bits per heavy atom. The van der Waals surface area contributed by atoms with Gasteiger partial charge in [0.05, 0.1) is 0 Å². The molecule has 1 heterocycles. The molecular weight excluding hydrogens is 246 g/mol. The van der Waals surface area contributed by atoms with Crippen molar-refractivity contribution in [1.29, 1.82) is 0 Å². The van der Waals surface area contributed by atoms with Crippen molar-refractivity contribution in [3.63, 3.8) is 0 Å². The van der Waals surface area contributed by atoms with E-state index in [1.165, 1.54) is 16.5 Å². The molecule has 0 aliphatic heterocycles. The molecule has 1 aromatic carbocycles. The topological polar surface area (TPSA) is 52.5 Å². The first-order valence-corrected chi connectivity index (χ1v) is 6.85. The Kier molecular flexibility index (Phi) is 4.23. The molecule has 2 aromatic rings. The van der Waals surface area contributed by atoms with Crippen LogP contribution in [0.4, 0.5) is 0 Å². The molecule has 4 heteroatoms. The van der Waals surface area contributed by atoms with Gasteiger partial charge in [0.2, 0.25) is 0 Å². The molecular formula is C14H17NO2S.